The molecule has 6 heteroatoms. The Balaban J connectivity index is 0. The van der Waals surface area contributed by atoms with Crippen LogP contribution in [0.25, 0.3) is 0 Å². The molecule has 0 aromatic heterocycles. The Morgan fingerprint density at radius 1 is 1.57 bits per heavy atom. The van der Waals surface area contributed by atoms with Crippen molar-refractivity contribution < 1.29 is 26.7 Å². The van der Waals surface area contributed by atoms with Gasteiger partial charge in [-0.1, -0.05) is 0 Å². The third-order valence-corrected chi connectivity index (χ3v) is 0.524. The summed E-state index contributed by atoms with van der Waals surface area (Å²) in [6.45, 7) is 0. The summed E-state index contributed by atoms with van der Waals surface area (Å²) in [4.78, 5) is 0. The molecule has 0 aromatic carbocycles. The van der Waals surface area contributed by atoms with Crippen LogP contribution in [0.2, 0.25) is 0 Å². The van der Waals surface area contributed by atoms with Crippen molar-refractivity contribution in [2.45, 2.75) is 0 Å². The number of guanidine groups is 1. The van der Waals surface area contributed by atoms with Crippen molar-refractivity contribution >= 4 is 14.6 Å². The van der Waals surface area contributed by atoms with Crippen molar-refractivity contribution in [1.29, 1.82) is 0 Å². The molecule has 0 aliphatic rings. The second-order valence-corrected chi connectivity index (χ2v) is 1.06. The van der Waals surface area contributed by atoms with E-state index in [0.717, 1.165) is 0 Å². The summed E-state index contributed by atoms with van der Waals surface area (Å²) >= 11 is 0. The molecule has 0 aliphatic heterocycles. The van der Waals surface area contributed by atoms with Crippen molar-refractivity contribution in [2.75, 3.05) is 0 Å². The fraction of sp³-hybridized carbons (Fsp3) is 0. The van der Waals surface area contributed by atoms with E-state index < -0.39 is 0 Å². The average molecular weight is 158 g/mol. The fourth-order valence-electron chi connectivity index (χ4n) is 0.0527. The molecule has 0 fully saturated rings. The number of rotatable bonds is 1. The summed E-state index contributed by atoms with van der Waals surface area (Å²) in [6.07, 6.45) is 0. The van der Waals surface area contributed by atoms with Crippen LogP contribution in [0, 0.1) is 0 Å². The summed E-state index contributed by atoms with van der Waals surface area (Å²) in [5.74, 6) is -0.0355. The Morgan fingerprint density at radius 2 is 2.00 bits per heavy atom. The zero-order chi connectivity index (χ0) is 4.99. The maximum absolute atomic E-state index is 9.42. The van der Waals surface area contributed by atoms with E-state index in [2.05, 4.69) is 4.76 Å². The van der Waals surface area contributed by atoms with Crippen molar-refractivity contribution in [3.63, 3.8) is 0 Å². The van der Waals surface area contributed by atoms with Gasteiger partial charge in [-0.25, -0.2) is 4.57 Å². The minimum Gasteiger partial charge on any atom is -0.290 e. The molecule has 0 atom stereocenters. The second-order valence-electron chi connectivity index (χ2n) is 0.658. The van der Waals surface area contributed by atoms with Crippen molar-refractivity contribution in [3.8, 4) is 0 Å². The first-order valence-corrected chi connectivity index (χ1v) is 2.05. The maximum atomic E-state index is 9.42. The first-order valence-electron chi connectivity index (χ1n) is 1.23. The van der Waals surface area contributed by atoms with E-state index in [9.17, 15) is 4.57 Å². The third-order valence-electron chi connectivity index (χ3n) is 0.175. The summed E-state index contributed by atoms with van der Waals surface area (Å²) in [6, 6.07) is 0. The predicted octanol–water partition coefficient (Wildman–Crippen LogP) is -2.46. The maximum Gasteiger partial charge on any atom is 0.359 e. The first-order chi connectivity index (χ1) is 2.77. The first kappa shape index (κ1) is 10.0. The van der Waals surface area contributed by atoms with E-state index in [1.165, 1.54) is 0 Å². The van der Waals surface area contributed by atoms with Crippen LogP contribution in [-0.4, -0.2) is 5.96 Å². The largest absolute Gasteiger partial charge is 0.359 e. The molecule has 0 bridgehead atoms. The molecule has 0 heterocycles. The Hall–Kier alpha value is -0.0975. The van der Waals surface area contributed by atoms with Crippen LogP contribution in [0.5, 0.6) is 0 Å². The van der Waals surface area contributed by atoms with Gasteiger partial charge in [0.1, 0.15) is 0 Å². The number of hydrogen-bond acceptors (Lipinski definition) is 1. The molecule has 4 nitrogen and oxygen atoms in total. The van der Waals surface area contributed by atoms with E-state index in [-0.39, 0.29) is 31.9 Å². The van der Waals surface area contributed by atoms with Gasteiger partial charge < -0.3 is 0 Å². The van der Waals surface area contributed by atoms with Gasteiger partial charge in [0.15, 0.2) is 0 Å². The molecule has 0 radical (unpaired) electrons. The summed E-state index contributed by atoms with van der Waals surface area (Å²) in [5.41, 5.74) is 9.56. The van der Waals surface area contributed by atoms with Gasteiger partial charge in [0.05, 0.1) is 0 Å². The second kappa shape index (κ2) is 5.90. The summed E-state index contributed by atoms with van der Waals surface area (Å²) in [5, 5.41) is 0. The zero-order valence-electron chi connectivity index (χ0n) is 3.42. The molecule has 0 saturated carbocycles. The molecule has 40 valence electrons. The number of nitrogens with two attached hydrogens (primary N) is 2. The minimum absolute atomic E-state index is 0. The van der Waals surface area contributed by atoms with Crippen LogP contribution in [0.3, 0.4) is 0 Å². The molecule has 0 aliphatic carbocycles. The van der Waals surface area contributed by atoms with Crippen molar-refractivity contribution in [3.05, 3.63) is 0 Å². The van der Waals surface area contributed by atoms with E-state index in [1.54, 1.807) is 0 Å². The van der Waals surface area contributed by atoms with Gasteiger partial charge in [-0.05, 0) is 0 Å². The van der Waals surface area contributed by atoms with E-state index >= 15 is 0 Å². The number of hydrogen-bond donors (Lipinski definition) is 3. The van der Waals surface area contributed by atoms with Gasteiger partial charge in [0, 0.05) is 17.4 Å². The molecule has 0 aromatic rings. The average Bonchev–Trinajstić information content (AvgIpc) is 1.35. The van der Waals surface area contributed by atoms with Crippen molar-refractivity contribution in [2.24, 2.45) is 11.5 Å². The molecule has 0 amide bonds. The molecule has 5 N–H and O–H groups in total. The van der Waals surface area contributed by atoms with Crippen LogP contribution in [-0.2, 0) is 21.9 Å². The van der Waals surface area contributed by atoms with Crippen LogP contribution in [0.1, 0.15) is 0 Å². The van der Waals surface area contributed by atoms with Gasteiger partial charge >= 0.3 is 14.6 Å². The smallest absolute Gasteiger partial charge is 0.290 e. The predicted molar refractivity (Wildman–Crippen MR) is 22.0 cm³/mol. The normalized spacial score (nSPS) is 6.86. The van der Waals surface area contributed by atoms with E-state index in [4.69, 9.17) is 11.5 Å². The Bertz CT molecular complexity index is 79.0. The van der Waals surface area contributed by atoms with Crippen LogP contribution >= 0.6 is 8.61 Å². The molecule has 0 rings (SSSR count). The topological polar surface area (TPSA) is 83.1 Å². The Labute approximate surface area is 53.4 Å². The molecule has 7 heavy (non-hydrogen) atoms. The van der Waals surface area contributed by atoms with Gasteiger partial charge in [-0.15, -0.1) is 0 Å². The van der Waals surface area contributed by atoms with Gasteiger partial charge in [0.2, 0.25) is 0 Å². The van der Waals surface area contributed by atoms with Crippen LogP contribution in [0.4, 0.5) is 0 Å². The molecule has 0 unspecified atom stereocenters. The molecule has 0 spiro atoms. The van der Waals surface area contributed by atoms with Gasteiger partial charge in [0.25, 0.3) is 0 Å². The monoisotopic (exact) mass is 158 g/mol. The van der Waals surface area contributed by atoms with Crippen molar-refractivity contribution in [1.82, 2.24) is 0 Å². The molecular weight excluding hydrogens is 153 g/mol. The summed E-state index contributed by atoms with van der Waals surface area (Å²) < 4.78 is 11.5. The Morgan fingerprint density at radius 3 is 2.00 bits per heavy atom. The van der Waals surface area contributed by atoms with E-state index in [1.807, 2.05) is 0 Å². The Kier molecular flexibility index (Phi) is 8.44. The van der Waals surface area contributed by atoms with E-state index in [0.29, 0.717) is 0 Å². The SMILES string of the molecule is NC(N)=[NH+]P=O.[Cr]. The van der Waals surface area contributed by atoms with Crippen LogP contribution < -0.4 is 16.2 Å². The van der Waals surface area contributed by atoms with Gasteiger partial charge in [-0.3, -0.25) is 11.5 Å². The third kappa shape index (κ3) is 10.7. The molecule has 0 saturated heterocycles. The van der Waals surface area contributed by atoms with Gasteiger partial charge in [-0.2, -0.15) is 4.76 Å². The minimum atomic E-state index is -0.263. The standard InChI is InChI=1S/CH4N3OP.Cr/c2-1(3)4-6-5;/h(H4,2,3,4,5);/p+1. The van der Waals surface area contributed by atoms with Crippen LogP contribution in [0.15, 0.2) is 0 Å². The fourth-order valence-corrected chi connectivity index (χ4v) is 0.158. The molecular formula is CH5CrN3OP+. The quantitative estimate of drug-likeness (QED) is 0.225. The zero-order valence-corrected chi connectivity index (χ0v) is 5.59. The number of nitrogens with one attached hydrogen (secondary N) is 1. The summed E-state index contributed by atoms with van der Waals surface area (Å²) in [7, 11) is -0.263.